The van der Waals surface area contributed by atoms with E-state index in [2.05, 4.69) is 17.5 Å². The first-order valence-corrected chi connectivity index (χ1v) is 4.34. The van der Waals surface area contributed by atoms with Crippen LogP contribution >= 0.6 is 0 Å². The zero-order valence-electron chi connectivity index (χ0n) is 7.42. The van der Waals surface area contributed by atoms with Crippen molar-refractivity contribution in [3.05, 3.63) is 35.6 Å². The Kier molecular flexibility index (Phi) is 2.00. The molecule has 0 spiro atoms. The maximum atomic E-state index is 12.6. The predicted octanol–water partition coefficient (Wildman–Crippen LogP) is 1.91. The number of halogens is 1. The summed E-state index contributed by atoms with van der Waals surface area (Å²) >= 11 is 0. The minimum atomic E-state index is -0.205. The van der Waals surface area contributed by atoms with Gasteiger partial charge in [0.05, 0.1) is 5.71 Å². The van der Waals surface area contributed by atoms with Gasteiger partial charge in [-0.1, -0.05) is 12.1 Å². The molecule has 0 amide bonds. The van der Waals surface area contributed by atoms with Crippen molar-refractivity contribution in [2.75, 3.05) is 0 Å². The Hall–Kier alpha value is -1.38. The normalized spacial score (nSPS) is 21.1. The van der Waals surface area contributed by atoms with Gasteiger partial charge in [0.2, 0.25) is 0 Å². The summed E-state index contributed by atoms with van der Waals surface area (Å²) in [6, 6.07) is 6.82. The number of hydrogen-bond acceptors (Lipinski definition) is 2. The summed E-state index contributed by atoms with van der Waals surface area (Å²) in [6.45, 7) is 2.07. The molecule has 68 valence electrons. The Labute approximate surface area is 76.5 Å². The van der Waals surface area contributed by atoms with Crippen LogP contribution in [0.3, 0.4) is 0 Å². The van der Waals surface area contributed by atoms with E-state index in [1.54, 1.807) is 12.1 Å². The zero-order valence-corrected chi connectivity index (χ0v) is 7.42. The largest absolute Gasteiger partial charge is 0.307 e. The number of hydrogen-bond donors (Lipinski definition) is 1. The van der Waals surface area contributed by atoms with Crippen LogP contribution in [0, 0.1) is 5.82 Å². The molecule has 0 bridgehead atoms. The molecule has 1 atom stereocenters. The van der Waals surface area contributed by atoms with Crippen molar-refractivity contribution in [1.82, 2.24) is 5.43 Å². The quantitative estimate of drug-likeness (QED) is 0.698. The summed E-state index contributed by atoms with van der Waals surface area (Å²) in [5.74, 6) is -0.205. The molecule has 0 fully saturated rings. The summed E-state index contributed by atoms with van der Waals surface area (Å²) in [7, 11) is 0. The molecule has 0 saturated carbocycles. The lowest BCUT2D eigenvalue weighted by Crippen LogP contribution is -2.13. The first kappa shape index (κ1) is 8.23. The van der Waals surface area contributed by atoms with Crippen LogP contribution in [0.15, 0.2) is 29.4 Å². The molecule has 0 radical (unpaired) electrons. The minimum absolute atomic E-state index is 0.205. The van der Waals surface area contributed by atoms with E-state index in [0.29, 0.717) is 6.04 Å². The Morgan fingerprint density at radius 1 is 1.38 bits per heavy atom. The summed E-state index contributed by atoms with van der Waals surface area (Å²) < 4.78 is 12.6. The van der Waals surface area contributed by atoms with Gasteiger partial charge in [-0.2, -0.15) is 5.10 Å². The minimum Gasteiger partial charge on any atom is -0.307 e. The molecule has 1 aromatic carbocycles. The van der Waals surface area contributed by atoms with E-state index in [4.69, 9.17) is 0 Å². The molecule has 13 heavy (non-hydrogen) atoms. The fourth-order valence-electron chi connectivity index (χ4n) is 1.39. The lowest BCUT2D eigenvalue weighted by atomic mass is 10.1. The first-order valence-electron chi connectivity index (χ1n) is 4.34. The van der Waals surface area contributed by atoms with Gasteiger partial charge >= 0.3 is 0 Å². The molecule has 0 aromatic heterocycles. The second-order valence-electron chi connectivity index (χ2n) is 3.30. The highest BCUT2D eigenvalue weighted by atomic mass is 19.1. The molecule has 0 saturated heterocycles. The van der Waals surface area contributed by atoms with Crippen molar-refractivity contribution in [3.63, 3.8) is 0 Å². The molecule has 2 nitrogen and oxygen atoms in total. The van der Waals surface area contributed by atoms with Crippen LogP contribution in [-0.4, -0.2) is 11.8 Å². The summed E-state index contributed by atoms with van der Waals surface area (Å²) in [6.07, 6.45) is 0.908. The van der Waals surface area contributed by atoms with Gasteiger partial charge in [0.1, 0.15) is 5.82 Å². The molecule has 2 rings (SSSR count). The third-order valence-corrected chi connectivity index (χ3v) is 2.10. The average Bonchev–Trinajstić information content (AvgIpc) is 2.53. The van der Waals surface area contributed by atoms with Crippen LogP contribution in [0.4, 0.5) is 4.39 Å². The third kappa shape index (κ3) is 1.69. The van der Waals surface area contributed by atoms with Crippen molar-refractivity contribution in [2.45, 2.75) is 19.4 Å². The monoisotopic (exact) mass is 178 g/mol. The van der Waals surface area contributed by atoms with E-state index in [1.807, 2.05) is 0 Å². The highest BCUT2D eigenvalue weighted by Gasteiger charge is 2.14. The Morgan fingerprint density at radius 3 is 2.62 bits per heavy atom. The van der Waals surface area contributed by atoms with Crippen LogP contribution in [-0.2, 0) is 0 Å². The van der Waals surface area contributed by atoms with Crippen molar-refractivity contribution in [3.8, 4) is 0 Å². The lowest BCUT2D eigenvalue weighted by Gasteiger charge is -1.99. The highest BCUT2D eigenvalue weighted by Crippen LogP contribution is 2.12. The van der Waals surface area contributed by atoms with Crippen LogP contribution < -0.4 is 5.43 Å². The lowest BCUT2D eigenvalue weighted by molar-refractivity contribution is 0.627. The standard InChI is InChI=1S/C10H11FN2/c1-7-6-10(13-12-7)8-2-4-9(11)5-3-8/h2-5,7,12H,6H2,1H3. The van der Waals surface area contributed by atoms with E-state index in [-0.39, 0.29) is 5.82 Å². The van der Waals surface area contributed by atoms with Gasteiger partial charge in [0, 0.05) is 12.5 Å². The maximum Gasteiger partial charge on any atom is 0.123 e. The Bertz CT molecular complexity index is 329. The predicted molar refractivity (Wildman–Crippen MR) is 50.2 cm³/mol. The van der Waals surface area contributed by atoms with Crippen LogP contribution in [0.2, 0.25) is 0 Å². The van der Waals surface area contributed by atoms with Crippen molar-refractivity contribution in [2.24, 2.45) is 5.10 Å². The maximum absolute atomic E-state index is 12.6. The van der Waals surface area contributed by atoms with E-state index in [1.165, 1.54) is 12.1 Å². The van der Waals surface area contributed by atoms with E-state index in [9.17, 15) is 4.39 Å². The number of nitrogens with one attached hydrogen (secondary N) is 1. The summed E-state index contributed by atoms with van der Waals surface area (Å²) in [4.78, 5) is 0. The Balaban J connectivity index is 2.22. The van der Waals surface area contributed by atoms with Gasteiger partial charge in [-0.05, 0) is 24.6 Å². The second-order valence-corrected chi connectivity index (χ2v) is 3.30. The molecule has 0 aliphatic carbocycles. The molecular weight excluding hydrogens is 167 g/mol. The summed E-state index contributed by atoms with van der Waals surface area (Å²) in [5, 5.41) is 4.16. The number of hydrazone groups is 1. The molecule has 1 aliphatic heterocycles. The summed E-state index contributed by atoms with van der Waals surface area (Å²) in [5.41, 5.74) is 4.98. The van der Waals surface area contributed by atoms with Gasteiger partial charge in [0.15, 0.2) is 0 Å². The third-order valence-electron chi connectivity index (χ3n) is 2.10. The van der Waals surface area contributed by atoms with Gasteiger partial charge in [-0.15, -0.1) is 0 Å². The molecule has 3 heteroatoms. The fraction of sp³-hybridized carbons (Fsp3) is 0.300. The van der Waals surface area contributed by atoms with Crippen molar-refractivity contribution in [1.29, 1.82) is 0 Å². The Morgan fingerprint density at radius 2 is 2.08 bits per heavy atom. The molecule has 1 N–H and O–H groups in total. The molecule has 1 unspecified atom stereocenters. The van der Waals surface area contributed by atoms with Gasteiger partial charge in [0.25, 0.3) is 0 Å². The van der Waals surface area contributed by atoms with Crippen LogP contribution in [0.1, 0.15) is 18.9 Å². The van der Waals surface area contributed by atoms with E-state index >= 15 is 0 Å². The van der Waals surface area contributed by atoms with Crippen molar-refractivity contribution >= 4 is 5.71 Å². The second kappa shape index (κ2) is 3.17. The van der Waals surface area contributed by atoms with Crippen LogP contribution in [0.5, 0.6) is 0 Å². The average molecular weight is 178 g/mol. The zero-order chi connectivity index (χ0) is 9.26. The van der Waals surface area contributed by atoms with E-state index < -0.39 is 0 Å². The number of benzene rings is 1. The van der Waals surface area contributed by atoms with Crippen molar-refractivity contribution < 1.29 is 4.39 Å². The van der Waals surface area contributed by atoms with Gasteiger partial charge in [-0.3, -0.25) is 0 Å². The highest BCUT2D eigenvalue weighted by molar-refractivity contribution is 6.01. The van der Waals surface area contributed by atoms with Crippen LogP contribution in [0.25, 0.3) is 0 Å². The van der Waals surface area contributed by atoms with Gasteiger partial charge < -0.3 is 5.43 Å². The number of nitrogens with zero attached hydrogens (tertiary/aromatic N) is 1. The molecule has 1 aromatic rings. The molecule has 1 aliphatic rings. The SMILES string of the molecule is CC1CC(c2ccc(F)cc2)=NN1. The topological polar surface area (TPSA) is 24.4 Å². The van der Waals surface area contributed by atoms with E-state index in [0.717, 1.165) is 17.7 Å². The van der Waals surface area contributed by atoms with Gasteiger partial charge in [-0.25, -0.2) is 4.39 Å². The smallest absolute Gasteiger partial charge is 0.123 e. The first-order chi connectivity index (χ1) is 6.25. The number of rotatable bonds is 1. The molecular formula is C10H11FN2. The fourth-order valence-corrected chi connectivity index (χ4v) is 1.39. The molecule has 1 heterocycles.